The Morgan fingerprint density at radius 2 is 1.95 bits per heavy atom. The van der Waals surface area contributed by atoms with Crippen LogP contribution in [-0.4, -0.2) is 75.7 Å². The van der Waals surface area contributed by atoms with Gasteiger partial charge >= 0.3 is 5.97 Å². The van der Waals surface area contributed by atoms with E-state index < -0.39 is 41.1 Å². The molecule has 2 bridgehead atoms. The Balaban J connectivity index is 1.78. The smallest absolute Gasteiger partial charge is 0.312 e. The maximum atomic E-state index is 14.7. The van der Waals surface area contributed by atoms with Crippen LogP contribution in [0.1, 0.15) is 64.9 Å². The number of hydrogen-bond acceptors (Lipinski definition) is 6. The maximum Gasteiger partial charge on any atom is 0.312 e. The number of fused-ring (bicyclic) bond motifs is 1. The van der Waals surface area contributed by atoms with E-state index in [1.165, 1.54) is 0 Å². The summed E-state index contributed by atoms with van der Waals surface area (Å²) in [5.41, 5.74) is -1.09. The third-order valence-corrected chi connectivity index (χ3v) is 9.63. The fourth-order valence-corrected chi connectivity index (χ4v) is 7.32. The highest BCUT2D eigenvalue weighted by Gasteiger charge is 2.79. The molecular weight excluding hydrogens is 520 g/mol. The zero-order chi connectivity index (χ0) is 29.8. The van der Waals surface area contributed by atoms with Gasteiger partial charge in [-0.05, 0) is 43.6 Å². The topological polar surface area (TPSA) is 96.4 Å². The third kappa shape index (κ3) is 5.37. The molecule has 1 spiro atoms. The Morgan fingerprint density at radius 3 is 2.56 bits per heavy atom. The van der Waals surface area contributed by atoms with Crippen LogP contribution in [0.25, 0.3) is 0 Å². The second-order valence-electron chi connectivity index (χ2n) is 11.8. The van der Waals surface area contributed by atoms with E-state index in [0.717, 1.165) is 12.0 Å². The lowest BCUT2D eigenvalue weighted by molar-refractivity contribution is -0.164. The van der Waals surface area contributed by atoms with Crippen LogP contribution in [0.4, 0.5) is 0 Å². The van der Waals surface area contributed by atoms with Gasteiger partial charge in [0, 0.05) is 13.1 Å². The number of hydrogen-bond donors (Lipinski definition) is 1. The molecule has 2 amide bonds. The molecule has 3 fully saturated rings. The summed E-state index contributed by atoms with van der Waals surface area (Å²) in [4.78, 5) is 46.1. The monoisotopic (exact) mass is 566 g/mol. The summed E-state index contributed by atoms with van der Waals surface area (Å²) in [5.74, 6) is -2.73. The second-order valence-corrected chi connectivity index (χ2v) is 11.8. The number of unbranched alkanes of at least 4 members (excludes halogenated alkanes) is 1. The summed E-state index contributed by atoms with van der Waals surface area (Å²) in [7, 11) is 0. The summed E-state index contributed by atoms with van der Waals surface area (Å²) >= 11 is 0. The molecule has 8 heteroatoms. The van der Waals surface area contributed by atoms with Crippen molar-refractivity contribution in [3.63, 3.8) is 0 Å². The van der Waals surface area contributed by atoms with Gasteiger partial charge in [-0.25, -0.2) is 0 Å². The van der Waals surface area contributed by atoms with Crippen LogP contribution in [0.15, 0.2) is 55.6 Å². The van der Waals surface area contributed by atoms with Crippen molar-refractivity contribution in [2.45, 2.75) is 89.1 Å². The molecule has 0 radical (unpaired) electrons. The van der Waals surface area contributed by atoms with Gasteiger partial charge in [0.2, 0.25) is 11.8 Å². The van der Waals surface area contributed by atoms with E-state index in [2.05, 4.69) is 13.2 Å². The number of carbonyl (C=O) groups is 3. The highest BCUT2D eigenvalue weighted by molar-refractivity contribution is 5.98. The SMILES string of the molecule is C=CCCCOC(=O)[C@H]1[C@H]2C(=O)N([C@@H](CO)[C@@H](C)CC)C(C(=O)N(CC=C)Cc3ccccc3)C23CC[C@]1(CC)O3. The number of carbonyl (C=O) groups excluding carboxylic acids is 3. The molecule has 0 saturated carbocycles. The Bertz CT molecular complexity index is 1120. The first-order valence-corrected chi connectivity index (χ1v) is 15.1. The minimum Gasteiger partial charge on any atom is -0.465 e. The lowest BCUT2D eigenvalue weighted by Gasteiger charge is -2.41. The van der Waals surface area contributed by atoms with E-state index >= 15 is 0 Å². The van der Waals surface area contributed by atoms with Gasteiger partial charge < -0.3 is 24.4 Å². The van der Waals surface area contributed by atoms with Gasteiger partial charge in [0.25, 0.3) is 0 Å². The van der Waals surface area contributed by atoms with Crippen molar-refractivity contribution < 1.29 is 29.0 Å². The minimum absolute atomic E-state index is 0.0712. The molecule has 1 aromatic rings. The molecule has 7 atom stereocenters. The van der Waals surface area contributed by atoms with Crippen LogP contribution in [0.3, 0.4) is 0 Å². The van der Waals surface area contributed by atoms with Crippen LogP contribution in [0, 0.1) is 17.8 Å². The van der Waals surface area contributed by atoms with Crippen molar-refractivity contribution in [1.82, 2.24) is 9.80 Å². The number of ether oxygens (including phenoxy) is 2. The molecule has 3 aliphatic rings. The molecule has 0 aliphatic carbocycles. The first-order chi connectivity index (χ1) is 19.7. The van der Waals surface area contributed by atoms with Crippen molar-refractivity contribution in [3.05, 3.63) is 61.2 Å². The average Bonchev–Trinajstić information content (AvgIpc) is 3.59. The Hall–Kier alpha value is -2.97. The number of esters is 1. The third-order valence-electron chi connectivity index (χ3n) is 9.63. The number of aliphatic hydroxyl groups is 1. The van der Waals surface area contributed by atoms with Gasteiger partial charge in [-0.2, -0.15) is 0 Å². The van der Waals surface area contributed by atoms with Gasteiger partial charge in [-0.1, -0.05) is 69.7 Å². The molecule has 41 heavy (non-hydrogen) atoms. The molecule has 4 rings (SSSR count). The van der Waals surface area contributed by atoms with Gasteiger partial charge in [0.1, 0.15) is 17.6 Å². The van der Waals surface area contributed by atoms with Crippen LogP contribution < -0.4 is 0 Å². The van der Waals surface area contributed by atoms with Crippen molar-refractivity contribution in [1.29, 1.82) is 0 Å². The van der Waals surface area contributed by atoms with Crippen LogP contribution in [0.2, 0.25) is 0 Å². The number of allylic oxidation sites excluding steroid dienone is 1. The van der Waals surface area contributed by atoms with Gasteiger partial charge in [0.05, 0.1) is 30.8 Å². The van der Waals surface area contributed by atoms with Crippen molar-refractivity contribution in [2.75, 3.05) is 19.8 Å². The van der Waals surface area contributed by atoms with Crippen molar-refractivity contribution >= 4 is 17.8 Å². The number of benzene rings is 1. The average molecular weight is 567 g/mol. The molecule has 8 nitrogen and oxygen atoms in total. The summed E-state index contributed by atoms with van der Waals surface area (Å²) in [5, 5.41) is 10.6. The van der Waals surface area contributed by atoms with Crippen LogP contribution in [0.5, 0.6) is 0 Å². The zero-order valence-electron chi connectivity index (χ0n) is 24.8. The number of nitrogens with zero attached hydrogens (tertiary/aromatic N) is 2. The summed E-state index contributed by atoms with van der Waals surface area (Å²) in [6.45, 7) is 14.1. The molecule has 0 aromatic heterocycles. The van der Waals surface area contributed by atoms with Crippen molar-refractivity contribution in [2.24, 2.45) is 17.8 Å². The Labute approximate surface area is 244 Å². The highest BCUT2D eigenvalue weighted by Crippen LogP contribution is 2.65. The zero-order valence-corrected chi connectivity index (χ0v) is 24.8. The predicted octanol–water partition coefficient (Wildman–Crippen LogP) is 4.27. The first-order valence-electron chi connectivity index (χ1n) is 15.1. The quantitative estimate of drug-likeness (QED) is 0.194. The molecule has 1 aromatic carbocycles. The van der Waals surface area contributed by atoms with Crippen LogP contribution in [-0.2, 0) is 30.4 Å². The largest absolute Gasteiger partial charge is 0.465 e. The minimum atomic E-state index is -1.17. The maximum absolute atomic E-state index is 14.7. The Kier molecular flexibility index (Phi) is 9.75. The fourth-order valence-electron chi connectivity index (χ4n) is 7.32. The fraction of sp³-hybridized carbons (Fsp3) is 0.606. The van der Waals surface area contributed by atoms with Gasteiger partial charge in [0.15, 0.2) is 0 Å². The van der Waals surface area contributed by atoms with Gasteiger partial charge in [-0.3, -0.25) is 14.4 Å². The summed E-state index contributed by atoms with van der Waals surface area (Å²) in [6, 6.07) is 8.13. The number of amides is 2. The van der Waals surface area contributed by atoms with Crippen LogP contribution >= 0.6 is 0 Å². The molecule has 1 N–H and O–H groups in total. The molecular formula is C33H46N2O6. The molecule has 3 heterocycles. The first kappa shape index (κ1) is 31.0. The lowest BCUT2D eigenvalue weighted by Crippen LogP contribution is -2.59. The van der Waals surface area contributed by atoms with Gasteiger partial charge in [-0.15, -0.1) is 13.2 Å². The number of aliphatic hydroxyl groups excluding tert-OH is 1. The van der Waals surface area contributed by atoms with E-state index in [4.69, 9.17) is 9.47 Å². The highest BCUT2D eigenvalue weighted by atomic mass is 16.6. The number of rotatable bonds is 15. The van der Waals surface area contributed by atoms with E-state index in [-0.39, 0.29) is 37.5 Å². The summed E-state index contributed by atoms with van der Waals surface area (Å²) < 4.78 is 12.6. The van der Waals surface area contributed by atoms with E-state index in [1.54, 1.807) is 22.0 Å². The molecule has 3 saturated heterocycles. The van der Waals surface area contributed by atoms with E-state index in [0.29, 0.717) is 38.6 Å². The second kappa shape index (κ2) is 12.9. The molecule has 3 aliphatic heterocycles. The van der Waals surface area contributed by atoms with E-state index in [1.807, 2.05) is 51.1 Å². The Morgan fingerprint density at radius 1 is 1.22 bits per heavy atom. The number of likely N-dealkylation sites (tertiary alicyclic amines) is 1. The molecule has 2 unspecified atom stereocenters. The normalized spacial score (nSPS) is 29.6. The van der Waals surface area contributed by atoms with Crippen molar-refractivity contribution in [3.8, 4) is 0 Å². The standard InChI is InChI=1S/C33H46N2O6/c1-6-10-14-20-40-31(39)27-26-29(37)35(25(22-36)23(5)8-3)28(33(26)18-17-32(27,9-4)41-33)30(38)34(19-7-2)21-24-15-12-11-13-16-24/h6-7,11-13,15-16,23,25-28,36H,1-2,8-10,14,17-22H2,3-5H3/t23-,25-,26-,27+,28?,32-,33?/m0/s1. The lowest BCUT2D eigenvalue weighted by atomic mass is 9.65. The van der Waals surface area contributed by atoms with E-state index in [9.17, 15) is 19.5 Å². The predicted molar refractivity (Wildman–Crippen MR) is 156 cm³/mol. The summed E-state index contributed by atoms with van der Waals surface area (Å²) in [6.07, 6.45) is 7.11. The molecule has 224 valence electrons.